The molecule has 1 aromatic rings. The van der Waals surface area contributed by atoms with Gasteiger partial charge in [0.1, 0.15) is 8.07 Å². The summed E-state index contributed by atoms with van der Waals surface area (Å²) < 4.78 is 0. The lowest BCUT2D eigenvalue weighted by Crippen LogP contribution is -2.39. The second kappa shape index (κ2) is 5.12. The van der Waals surface area contributed by atoms with Gasteiger partial charge >= 0.3 is 0 Å². The summed E-state index contributed by atoms with van der Waals surface area (Å²) in [6.45, 7) is 4.48. The standard InChI is InChI=1S/C13H19NOSi/c1-14(2)13(15)10-11-16(3,4)12-8-6-5-7-9-12/h5-11H,1-4H3/b11-10+. The van der Waals surface area contributed by atoms with Crippen molar-refractivity contribution < 1.29 is 4.79 Å². The zero-order valence-electron chi connectivity index (χ0n) is 10.4. The van der Waals surface area contributed by atoms with Crippen LogP contribution >= 0.6 is 0 Å². The molecule has 1 amide bonds. The Morgan fingerprint density at radius 3 is 2.25 bits per heavy atom. The Hall–Kier alpha value is -1.35. The van der Waals surface area contributed by atoms with Gasteiger partial charge < -0.3 is 4.90 Å². The SMILES string of the molecule is CN(C)C(=O)/C=C/[Si](C)(C)c1ccccc1. The van der Waals surface area contributed by atoms with Crippen molar-refractivity contribution in [1.29, 1.82) is 0 Å². The van der Waals surface area contributed by atoms with Gasteiger partial charge in [0.15, 0.2) is 0 Å². The molecule has 0 aliphatic rings. The molecule has 0 saturated carbocycles. The molecule has 3 heteroatoms. The molecule has 16 heavy (non-hydrogen) atoms. The first-order valence-corrected chi connectivity index (χ1v) is 8.47. The van der Waals surface area contributed by atoms with Gasteiger partial charge in [-0.3, -0.25) is 4.79 Å². The molecule has 0 heterocycles. The van der Waals surface area contributed by atoms with Crippen molar-refractivity contribution in [3.8, 4) is 0 Å². The zero-order chi connectivity index (χ0) is 12.2. The van der Waals surface area contributed by atoms with Crippen LogP contribution in [-0.4, -0.2) is 33.0 Å². The number of carbonyl (C=O) groups is 1. The third-order valence-corrected chi connectivity index (χ3v) is 5.42. The molecule has 1 rings (SSSR count). The lowest BCUT2D eigenvalue weighted by molar-refractivity contribution is -0.123. The average molecular weight is 233 g/mol. The zero-order valence-corrected chi connectivity index (χ0v) is 11.4. The van der Waals surface area contributed by atoms with Crippen molar-refractivity contribution >= 4 is 19.2 Å². The minimum absolute atomic E-state index is 0.0523. The second-order valence-electron chi connectivity index (χ2n) is 4.65. The lowest BCUT2D eigenvalue weighted by Gasteiger charge is -2.18. The van der Waals surface area contributed by atoms with Crippen LogP contribution in [-0.2, 0) is 4.79 Å². The first-order valence-electron chi connectivity index (χ1n) is 5.39. The molecule has 0 atom stereocenters. The highest BCUT2D eigenvalue weighted by molar-refractivity contribution is 6.94. The summed E-state index contributed by atoms with van der Waals surface area (Å²) in [5.41, 5.74) is 2.09. The fraction of sp³-hybridized carbons (Fsp3) is 0.308. The van der Waals surface area contributed by atoms with E-state index in [4.69, 9.17) is 0 Å². The molecule has 0 unspecified atom stereocenters. The highest BCUT2D eigenvalue weighted by atomic mass is 28.3. The predicted molar refractivity (Wildman–Crippen MR) is 71.4 cm³/mol. The third kappa shape index (κ3) is 3.34. The Bertz CT molecular complexity index is 382. The van der Waals surface area contributed by atoms with Gasteiger partial charge in [0, 0.05) is 14.1 Å². The van der Waals surface area contributed by atoms with Crippen LogP contribution in [0.2, 0.25) is 13.1 Å². The molecule has 1 aromatic carbocycles. The summed E-state index contributed by atoms with van der Waals surface area (Å²) in [5, 5.41) is 1.35. The second-order valence-corrected chi connectivity index (χ2v) is 9.01. The molecule has 0 saturated heterocycles. The van der Waals surface area contributed by atoms with Crippen molar-refractivity contribution in [3.05, 3.63) is 42.1 Å². The van der Waals surface area contributed by atoms with Crippen LogP contribution in [0.15, 0.2) is 42.1 Å². The Morgan fingerprint density at radius 1 is 1.19 bits per heavy atom. The molecule has 0 bridgehead atoms. The van der Waals surface area contributed by atoms with Crippen LogP contribution in [0, 0.1) is 0 Å². The highest BCUT2D eigenvalue weighted by Crippen LogP contribution is 2.05. The summed E-state index contributed by atoms with van der Waals surface area (Å²) >= 11 is 0. The number of hydrogen-bond donors (Lipinski definition) is 0. The molecule has 0 fully saturated rings. The fourth-order valence-electron chi connectivity index (χ4n) is 1.39. The van der Waals surface area contributed by atoms with E-state index in [0.29, 0.717) is 0 Å². The summed E-state index contributed by atoms with van der Waals surface area (Å²) in [4.78, 5) is 13.1. The first-order chi connectivity index (χ1) is 7.43. The van der Waals surface area contributed by atoms with E-state index in [2.05, 4.69) is 30.9 Å². The molecule has 0 aromatic heterocycles. The highest BCUT2D eigenvalue weighted by Gasteiger charge is 2.19. The van der Waals surface area contributed by atoms with E-state index in [1.165, 1.54) is 5.19 Å². The van der Waals surface area contributed by atoms with Gasteiger partial charge in [0.25, 0.3) is 0 Å². The largest absolute Gasteiger partial charge is 0.345 e. The van der Waals surface area contributed by atoms with Crippen molar-refractivity contribution in [2.45, 2.75) is 13.1 Å². The van der Waals surface area contributed by atoms with Crippen molar-refractivity contribution in [2.75, 3.05) is 14.1 Å². The number of carbonyl (C=O) groups excluding carboxylic acids is 1. The third-order valence-electron chi connectivity index (χ3n) is 2.60. The number of benzene rings is 1. The molecule has 0 aliphatic carbocycles. The summed E-state index contributed by atoms with van der Waals surface area (Å²) in [6, 6.07) is 10.4. The van der Waals surface area contributed by atoms with Gasteiger partial charge in [0.05, 0.1) is 0 Å². The normalized spacial score (nSPS) is 11.8. The van der Waals surface area contributed by atoms with Crippen molar-refractivity contribution in [1.82, 2.24) is 4.90 Å². The van der Waals surface area contributed by atoms with E-state index >= 15 is 0 Å². The Morgan fingerprint density at radius 2 is 1.75 bits per heavy atom. The minimum atomic E-state index is -1.62. The molecule has 0 spiro atoms. The topological polar surface area (TPSA) is 20.3 Å². The summed E-state index contributed by atoms with van der Waals surface area (Å²) in [6.07, 6.45) is 1.69. The number of amides is 1. The van der Waals surface area contributed by atoms with Crippen LogP contribution in [0.5, 0.6) is 0 Å². The van der Waals surface area contributed by atoms with Crippen LogP contribution in [0.25, 0.3) is 0 Å². The van der Waals surface area contributed by atoms with Crippen LogP contribution in [0.3, 0.4) is 0 Å². The number of likely N-dealkylation sites (N-methyl/N-ethyl adjacent to an activating group) is 1. The predicted octanol–water partition coefficient (Wildman–Crippen LogP) is 1.79. The summed E-state index contributed by atoms with van der Waals surface area (Å²) in [7, 11) is 1.92. The molecule has 0 aliphatic heterocycles. The molecule has 0 N–H and O–H groups in total. The van der Waals surface area contributed by atoms with Gasteiger partial charge in [0.2, 0.25) is 5.91 Å². The Labute approximate surface area is 98.6 Å². The molecule has 86 valence electrons. The van der Waals surface area contributed by atoms with E-state index in [-0.39, 0.29) is 5.91 Å². The van der Waals surface area contributed by atoms with E-state index < -0.39 is 8.07 Å². The van der Waals surface area contributed by atoms with E-state index in [9.17, 15) is 4.79 Å². The van der Waals surface area contributed by atoms with Crippen molar-refractivity contribution in [2.24, 2.45) is 0 Å². The maximum Gasteiger partial charge on any atom is 0.245 e. The average Bonchev–Trinajstić information content (AvgIpc) is 2.27. The minimum Gasteiger partial charge on any atom is -0.345 e. The van der Waals surface area contributed by atoms with Crippen LogP contribution in [0.1, 0.15) is 0 Å². The lowest BCUT2D eigenvalue weighted by atomic mass is 10.4. The van der Waals surface area contributed by atoms with Crippen molar-refractivity contribution in [3.63, 3.8) is 0 Å². The monoisotopic (exact) mass is 233 g/mol. The van der Waals surface area contributed by atoms with E-state index in [1.807, 2.05) is 18.2 Å². The first kappa shape index (κ1) is 12.7. The van der Waals surface area contributed by atoms with Gasteiger partial charge in [-0.2, -0.15) is 0 Å². The van der Waals surface area contributed by atoms with Gasteiger partial charge in [-0.25, -0.2) is 0 Å². The van der Waals surface area contributed by atoms with Crippen LogP contribution in [0.4, 0.5) is 0 Å². The van der Waals surface area contributed by atoms with Gasteiger partial charge in [-0.1, -0.05) is 54.3 Å². The van der Waals surface area contributed by atoms with Gasteiger partial charge in [-0.05, 0) is 6.08 Å². The maximum atomic E-state index is 11.5. The van der Waals surface area contributed by atoms with Gasteiger partial charge in [-0.15, -0.1) is 0 Å². The molecular formula is C13H19NOSi. The quantitative estimate of drug-likeness (QED) is 0.576. The smallest absolute Gasteiger partial charge is 0.245 e. The van der Waals surface area contributed by atoms with E-state index in [1.54, 1.807) is 25.1 Å². The molecule has 2 nitrogen and oxygen atoms in total. The Balaban J connectivity index is 2.84. The van der Waals surface area contributed by atoms with Crippen LogP contribution < -0.4 is 5.19 Å². The summed E-state index contributed by atoms with van der Waals surface area (Å²) in [5.74, 6) is 0.0523. The number of hydrogen-bond acceptors (Lipinski definition) is 1. The molecule has 0 radical (unpaired) electrons. The number of nitrogens with zero attached hydrogens (tertiary/aromatic N) is 1. The van der Waals surface area contributed by atoms with E-state index in [0.717, 1.165) is 0 Å². The number of rotatable bonds is 3. The maximum absolute atomic E-state index is 11.5. The Kier molecular flexibility index (Phi) is 4.07. The molecular weight excluding hydrogens is 214 g/mol. The fourth-order valence-corrected chi connectivity index (χ4v) is 3.20.